The Morgan fingerprint density at radius 3 is 2.88 bits per heavy atom. The van der Waals surface area contributed by atoms with Gasteiger partial charge >= 0.3 is 0 Å². The molecule has 4 rings (SSSR count). The largest absolute Gasteiger partial charge is 0.381 e. The van der Waals surface area contributed by atoms with E-state index in [0.29, 0.717) is 5.92 Å². The first-order chi connectivity index (χ1) is 12.3. The van der Waals surface area contributed by atoms with Crippen molar-refractivity contribution in [2.75, 3.05) is 19.8 Å². The summed E-state index contributed by atoms with van der Waals surface area (Å²) in [5, 5.41) is 13.6. The molecule has 130 valence electrons. The first-order valence-electron chi connectivity index (χ1n) is 9.10. The maximum absolute atomic E-state index is 9.11. The van der Waals surface area contributed by atoms with Gasteiger partial charge in [0.2, 0.25) is 0 Å². The minimum Gasteiger partial charge on any atom is -0.381 e. The molecule has 0 bridgehead atoms. The Kier molecular flexibility index (Phi) is 4.82. The number of nitrogens with zero attached hydrogens (tertiary/aromatic N) is 4. The average molecular weight is 336 g/mol. The zero-order chi connectivity index (χ0) is 17.1. The van der Waals surface area contributed by atoms with Gasteiger partial charge in [0, 0.05) is 44.9 Å². The first-order valence-corrected chi connectivity index (χ1v) is 9.10. The van der Waals surface area contributed by atoms with Crippen LogP contribution in [0.3, 0.4) is 0 Å². The van der Waals surface area contributed by atoms with Gasteiger partial charge in [0.25, 0.3) is 0 Å². The molecule has 1 fully saturated rings. The third-order valence-corrected chi connectivity index (χ3v) is 5.00. The number of rotatable bonds is 6. The predicted octanol–water partition coefficient (Wildman–Crippen LogP) is 2.81. The Labute approximate surface area is 148 Å². The molecule has 1 saturated carbocycles. The molecule has 2 aliphatic rings. The summed E-state index contributed by atoms with van der Waals surface area (Å²) in [6.07, 6.45) is 4.54. The lowest BCUT2D eigenvalue weighted by Crippen LogP contribution is -2.30. The second-order valence-corrected chi connectivity index (χ2v) is 7.33. The van der Waals surface area contributed by atoms with Crippen molar-refractivity contribution >= 4 is 0 Å². The van der Waals surface area contributed by atoms with Crippen LogP contribution in [0, 0.1) is 23.2 Å². The summed E-state index contributed by atoms with van der Waals surface area (Å²) in [5.41, 5.74) is 3.16. The molecule has 0 amide bonds. The van der Waals surface area contributed by atoms with E-state index < -0.39 is 0 Å². The first kappa shape index (κ1) is 16.3. The number of benzene rings is 1. The van der Waals surface area contributed by atoms with Crippen molar-refractivity contribution in [2.24, 2.45) is 11.8 Å². The zero-order valence-electron chi connectivity index (χ0n) is 14.5. The average Bonchev–Trinajstić information content (AvgIpc) is 3.37. The summed E-state index contributed by atoms with van der Waals surface area (Å²) < 4.78 is 8.09. The number of nitriles is 1. The van der Waals surface area contributed by atoms with Gasteiger partial charge in [0.15, 0.2) is 0 Å². The van der Waals surface area contributed by atoms with E-state index >= 15 is 0 Å². The minimum atomic E-state index is 0.444. The zero-order valence-corrected chi connectivity index (χ0v) is 14.5. The minimum absolute atomic E-state index is 0.444. The molecule has 2 aromatic rings. The molecule has 1 aliphatic carbocycles. The normalized spacial score (nSPS) is 20.7. The van der Waals surface area contributed by atoms with Gasteiger partial charge in [-0.25, -0.2) is 0 Å². The van der Waals surface area contributed by atoms with E-state index in [9.17, 15) is 0 Å². The van der Waals surface area contributed by atoms with Crippen LogP contribution in [0.25, 0.3) is 0 Å². The third kappa shape index (κ3) is 4.28. The highest BCUT2D eigenvalue weighted by Gasteiger charge is 2.25. The molecule has 5 nitrogen and oxygen atoms in total. The standard InChI is InChI=1S/C20H24N4O/c21-9-17-2-1-3-18(8-17)10-23-11-19(15-25-14-16-4-5-16)12-24-20(13-23)6-7-22-24/h1-3,6-8,16,19H,4-5,10-15H2/t19-/m1/s1. The molecule has 0 spiro atoms. The summed E-state index contributed by atoms with van der Waals surface area (Å²) in [4.78, 5) is 2.45. The number of fused-ring (bicyclic) bond motifs is 1. The molecule has 0 unspecified atom stereocenters. The molecule has 1 atom stereocenters. The van der Waals surface area contributed by atoms with E-state index in [-0.39, 0.29) is 0 Å². The number of ether oxygens (including phenoxy) is 1. The SMILES string of the molecule is N#Cc1cccc(CN2Cc3ccnn3C[C@H](COCC3CC3)C2)c1. The summed E-state index contributed by atoms with van der Waals surface area (Å²) >= 11 is 0. The maximum Gasteiger partial charge on any atom is 0.0991 e. The molecule has 0 radical (unpaired) electrons. The van der Waals surface area contributed by atoms with Crippen molar-refractivity contribution < 1.29 is 4.74 Å². The Morgan fingerprint density at radius 1 is 1.16 bits per heavy atom. The Morgan fingerprint density at radius 2 is 2.04 bits per heavy atom. The lowest BCUT2D eigenvalue weighted by molar-refractivity contribution is 0.0696. The van der Waals surface area contributed by atoms with Crippen molar-refractivity contribution in [1.29, 1.82) is 5.26 Å². The quantitative estimate of drug-likeness (QED) is 0.814. The fourth-order valence-electron chi connectivity index (χ4n) is 3.53. The third-order valence-electron chi connectivity index (χ3n) is 5.00. The van der Waals surface area contributed by atoms with Crippen molar-refractivity contribution in [3.05, 3.63) is 53.3 Å². The predicted molar refractivity (Wildman–Crippen MR) is 94.5 cm³/mol. The lowest BCUT2D eigenvalue weighted by Gasteiger charge is -2.24. The second-order valence-electron chi connectivity index (χ2n) is 7.33. The van der Waals surface area contributed by atoms with Gasteiger partial charge in [-0.2, -0.15) is 10.4 Å². The number of hydrogen-bond acceptors (Lipinski definition) is 4. The van der Waals surface area contributed by atoms with Crippen LogP contribution in [0.15, 0.2) is 36.5 Å². The number of hydrogen-bond donors (Lipinski definition) is 0. The van der Waals surface area contributed by atoms with E-state index in [2.05, 4.69) is 32.9 Å². The molecule has 1 aromatic carbocycles. The second kappa shape index (κ2) is 7.38. The van der Waals surface area contributed by atoms with Gasteiger partial charge in [-0.3, -0.25) is 9.58 Å². The monoisotopic (exact) mass is 336 g/mol. The molecular weight excluding hydrogens is 312 g/mol. The smallest absolute Gasteiger partial charge is 0.0991 e. The summed E-state index contributed by atoms with van der Waals surface area (Å²) in [5.74, 6) is 1.25. The highest BCUT2D eigenvalue weighted by Crippen LogP contribution is 2.29. The Hall–Kier alpha value is -2.16. The van der Waals surface area contributed by atoms with E-state index in [4.69, 9.17) is 10.00 Å². The van der Waals surface area contributed by atoms with Crippen LogP contribution in [0.4, 0.5) is 0 Å². The van der Waals surface area contributed by atoms with Crippen molar-refractivity contribution in [2.45, 2.75) is 32.5 Å². The number of aromatic nitrogens is 2. The molecule has 1 aliphatic heterocycles. The fraction of sp³-hybridized carbons (Fsp3) is 0.500. The molecule has 0 N–H and O–H groups in total. The molecule has 0 saturated heterocycles. The maximum atomic E-state index is 9.11. The summed E-state index contributed by atoms with van der Waals surface area (Å²) in [7, 11) is 0. The van der Waals surface area contributed by atoms with Gasteiger partial charge in [-0.05, 0) is 42.5 Å². The van der Waals surface area contributed by atoms with Gasteiger partial charge in [-0.1, -0.05) is 12.1 Å². The van der Waals surface area contributed by atoms with Crippen LogP contribution in [0.5, 0.6) is 0 Å². The highest BCUT2D eigenvalue weighted by atomic mass is 16.5. The molecule has 25 heavy (non-hydrogen) atoms. The van der Waals surface area contributed by atoms with E-state index in [1.165, 1.54) is 24.1 Å². The topological polar surface area (TPSA) is 54.1 Å². The van der Waals surface area contributed by atoms with E-state index in [1.807, 2.05) is 24.4 Å². The van der Waals surface area contributed by atoms with Gasteiger partial charge in [0.1, 0.15) is 0 Å². The van der Waals surface area contributed by atoms with Crippen molar-refractivity contribution in [1.82, 2.24) is 14.7 Å². The summed E-state index contributed by atoms with van der Waals surface area (Å²) in [6, 6.07) is 12.2. The summed E-state index contributed by atoms with van der Waals surface area (Å²) in [6.45, 7) is 5.35. The van der Waals surface area contributed by atoms with Crippen LogP contribution < -0.4 is 0 Å². The lowest BCUT2D eigenvalue weighted by atomic mass is 10.1. The van der Waals surface area contributed by atoms with Crippen molar-refractivity contribution in [3.63, 3.8) is 0 Å². The fourth-order valence-corrected chi connectivity index (χ4v) is 3.53. The van der Waals surface area contributed by atoms with Crippen LogP contribution >= 0.6 is 0 Å². The van der Waals surface area contributed by atoms with E-state index in [0.717, 1.165) is 50.9 Å². The van der Waals surface area contributed by atoms with Crippen LogP contribution in [-0.4, -0.2) is 34.4 Å². The highest BCUT2D eigenvalue weighted by molar-refractivity contribution is 5.32. The van der Waals surface area contributed by atoms with Crippen LogP contribution in [0.1, 0.15) is 29.7 Å². The van der Waals surface area contributed by atoms with Crippen molar-refractivity contribution in [3.8, 4) is 6.07 Å². The molecular formula is C20H24N4O. The van der Waals surface area contributed by atoms with Gasteiger partial charge in [-0.15, -0.1) is 0 Å². The Bertz CT molecular complexity index is 759. The van der Waals surface area contributed by atoms with Gasteiger partial charge < -0.3 is 4.74 Å². The van der Waals surface area contributed by atoms with E-state index in [1.54, 1.807) is 0 Å². The molecule has 2 heterocycles. The van der Waals surface area contributed by atoms with Crippen LogP contribution in [-0.2, 0) is 24.4 Å². The molecule has 1 aromatic heterocycles. The van der Waals surface area contributed by atoms with Gasteiger partial charge in [0.05, 0.1) is 23.9 Å². The Balaban J connectivity index is 1.44. The molecule has 5 heteroatoms. The van der Waals surface area contributed by atoms with Crippen LogP contribution in [0.2, 0.25) is 0 Å².